The van der Waals surface area contributed by atoms with E-state index >= 15 is 0 Å². The van der Waals surface area contributed by atoms with E-state index in [0.717, 1.165) is 46.1 Å². The monoisotopic (exact) mass is 446 g/mol. The Bertz CT molecular complexity index is 1170. The molecule has 0 unspecified atom stereocenters. The van der Waals surface area contributed by atoms with Crippen LogP contribution in [0.2, 0.25) is 0 Å². The molecule has 0 bridgehead atoms. The maximum absolute atomic E-state index is 12.8. The topological polar surface area (TPSA) is 68.7 Å². The normalized spacial score (nSPS) is 13.1. The van der Waals surface area contributed by atoms with E-state index in [4.69, 9.17) is 14.5 Å². The number of rotatable bonds is 9. The lowest BCUT2D eigenvalue weighted by Gasteiger charge is -2.23. The fraction of sp³-hybridized carbons (Fsp3) is 0.370. The summed E-state index contributed by atoms with van der Waals surface area (Å²) in [4.78, 5) is 31.8. The molecule has 0 N–H and O–H groups in total. The van der Waals surface area contributed by atoms with Gasteiger partial charge in [-0.05, 0) is 62.1 Å². The van der Waals surface area contributed by atoms with Crippen LogP contribution in [0.15, 0.2) is 48.5 Å². The predicted molar refractivity (Wildman–Crippen MR) is 128 cm³/mol. The predicted octanol–water partition coefficient (Wildman–Crippen LogP) is 4.77. The van der Waals surface area contributed by atoms with Gasteiger partial charge in [-0.1, -0.05) is 24.3 Å². The van der Waals surface area contributed by atoms with Crippen LogP contribution < -0.4 is 4.74 Å². The van der Waals surface area contributed by atoms with E-state index in [-0.39, 0.29) is 24.2 Å². The first kappa shape index (κ1) is 22.8. The van der Waals surface area contributed by atoms with Gasteiger partial charge in [0.25, 0.3) is 0 Å². The summed E-state index contributed by atoms with van der Waals surface area (Å²) < 4.78 is 10.8. The van der Waals surface area contributed by atoms with E-state index in [2.05, 4.69) is 6.07 Å². The van der Waals surface area contributed by atoms with E-state index in [1.54, 1.807) is 14.0 Å². The number of ether oxygens (including phenoxy) is 2. The van der Waals surface area contributed by atoms with Crippen LogP contribution in [0.5, 0.6) is 5.75 Å². The van der Waals surface area contributed by atoms with Crippen molar-refractivity contribution in [2.24, 2.45) is 5.92 Å². The second-order valence-corrected chi connectivity index (χ2v) is 8.33. The van der Waals surface area contributed by atoms with Gasteiger partial charge < -0.3 is 14.4 Å². The second-order valence-electron chi connectivity index (χ2n) is 8.33. The highest BCUT2D eigenvalue weighted by atomic mass is 16.5. The summed E-state index contributed by atoms with van der Waals surface area (Å²) in [7, 11) is 1.62. The number of methoxy groups -OCH3 is 1. The van der Waals surface area contributed by atoms with Gasteiger partial charge >= 0.3 is 5.97 Å². The van der Waals surface area contributed by atoms with E-state index in [0.29, 0.717) is 25.4 Å². The first-order chi connectivity index (χ1) is 16.0. The van der Waals surface area contributed by atoms with Crippen LogP contribution in [0.1, 0.15) is 37.8 Å². The standard InChI is InChI=1S/C27H30N2O4/c1-4-29(27(31)19-11-12-19)17-21-16-20-8-6-7-9-23(20)28-26(21)22-14-18(10-13-24(22)32-3)15-25(30)33-5-2/h6-10,13-14,16,19H,4-5,11-12,15,17H2,1-3H3. The van der Waals surface area contributed by atoms with Gasteiger partial charge in [-0.3, -0.25) is 9.59 Å². The highest BCUT2D eigenvalue weighted by Crippen LogP contribution is 2.36. The molecule has 2 aromatic carbocycles. The number of hydrogen-bond acceptors (Lipinski definition) is 5. The Morgan fingerprint density at radius 3 is 2.58 bits per heavy atom. The van der Waals surface area contributed by atoms with E-state index < -0.39 is 0 Å². The first-order valence-corrected chi connectivity index (χ1v) is 11.5. The van der Waals surface area contributed by atoms with Crippen LogP contribution in [0.4, 0.5) is 0 Å². The largest absolute Gasteiger partial charge is 0.496 e. The third-order valence-electron chi connectivity index (χ3n) is 5.96. The number of amides is 1. The molecule has 0 radical (unpaired) electrons. The molecule has 0 spiro atoms. The van der Waals surface area contributed by atoms with Crippen LogP contribution in [0, 0.1) is 5.92 Å². The molecule has 1 aliphatic carbocycles. The Morgan fingerprint density at radius 2 is 1.88 bits per heavy atom. The molecule has 33 heavy (non-hydrogen) atoms. The molecule has 3 aromatic rings. The van der Waals surface area contributed by atoms with Crippen LogP contribution in [0.3, 0.4) is 0 Å². The zero-order valence-corrected chi connectivity index (χ0v) is 19.5. The Labute approximate surface area is 194 Å². The zero-order chi connectivity index (χ0) is 23.4. The summed E-state index contributed by atoms with van der Waals surface area (Å²) in [5, 5.41) is 1.02. The summed E-state index contributed by atoms with van der Waals surface area (Å²) >= 11 is 0. The molecule has 0 atom stereocenters. The van der Waals surface area contributed by atoms with Crippen LogP contribution in [0.25, 0.3) is 22.2 Å². The summed E-state index contributed by atoms with van der Waals surface area (Å²) in [6.45, 7) is 5.27. The van der Waals surface area contributed by atoms with Crippen LogP contribution in [-0.4, -0.2) is 42.0 Å². The molecule has 1 fully saturated rings. The van der Waals surface area contributed by atoms with Gasteiger partial charge in [0, 0.05) is 30.0 Å². The van der Waals surface area contributed by atoms with Crippen molar-refractivity contribution in [2.45, 2.75) is 39.7 Å². The minimum Gasteiger partial charge on any atom is -0.496 e. The molecule has 1 amide bonds. The minimum atomic E-state index is -0.271. The molecular formula is C27H30N2O4. The maximum Gasteiger partial charge on any atom is 0.310 e. The summed E-state index contributed by atoms with van der Waals surface area (Å²) in [6.07, 6.45) is 2.12. The van der Waals surface area contributed by atoms with E-state index in [9.17, 15) is 9.59 Å². The molecule has 4 rings (SSSR count). The molecule has 172 valence electrons. The van der Waals surface area contributed by atoms with Gasteiger partial charge in [-0.2, -0.15) is 0 Å². The Morgan fingerprint density at radius 1 is 1.09 bits per heavy atom. The quantitative estimate of drug-likeness (QED) is 0.443. The lowest BCUT2D eigenvalue weighted by Crippen LogP contribution is -2.31. The van der Waals surface area contributed by atoms with Crippen molar-refractivity contribution in [3.63, 3.8) is 0 Å². The molecule has 1 aliphatic rings. The first-order valence-electron chi connectivity index (χ1n) is 11.5. The van der Waals surface area contributed by atoms with E-state index in [1.165, 1.54) is 0 Å². The molecular weight excluding hydrogens is 416 g/mol. The summed E-state index contributed by atoms with van der Waals surface area (Å²) in [5.74, 6) is 0.764. The van der Waals surface area contributed by atoms with Crippen LogP contribution >= 0.6 is 0 Å². The fourth-order valence-corrected chi connectivity index (χ4v) is 4.08. The Hall–Kier alpha value is -3.41. The Kier molecular flexibility index (Phi) is 6.92. The number of fused-ring (bicyclic) bond motifs is 1. The molecule has 1 saturated carbocycles. The maximum atomic E-state index is 12.8. The highest BCUT2D eigenvalue weighted by molar-refractivity contribution is 5.86. The Balaban J connectivity index is 1.80. The van der Waals surface area contributed by atoms with Crippen molar-refractivity contribution in [1.82, 2.24) is 9.88 Å². The highest BCUT2D eigenvalue weighted by Gasteiger charge is 2.33. The van der Waals surface area contributed by atoms with Crippen LogP contribution in [-0.2, 0) is 27.3 Å². The lowest BCUT2D eigenvalue weighted by atomic mass is 9.99. The summed E-state index contributed by atoms with van der Waals surface area (Å²) in [5.41, 5.74) is 4.21. The van der Waals surface area contributed by atoms with Crippen molar-refractivity contribution in [1.29, 1.82) is 0 Å². The molecule has 6 nitrogen and oxygen atoms in total. The molecule has 1 aromatic heterocycles. The fourth-order valence-electron chi connectivity index (χ4n) is 4.08. The summed E-state index contributed by atoms with van der Waals surface area (Å²) in [6, 6.07) is 15.7. The number of para-hydroxylation sites is 1. The SMILES string of the molecule is CCOC(=O)Cc1ccc(OC)c(-c2nc3ccccc3cc2CN(CC)C(=O)C2CC2)c1. The van der Waals surface area contributed by atoms with Crippen molar-refractivity contribution >= 4 is 22.8 Å². The smallest absolute Gasteiger partial charge is 0.310 e. The lowest BCUT2D eigenvalue weighted by molar-refractivity contribution is -0.142. The van der Waals surface area contributed by atoms with Gasteiger partial charge in [-0.15, -0.1) is 0 Å². The number of carbonyl (C=O) groups is 2. The van der Waals surface area contributed by atoms with Gasteiger partial charge in [0.2, 0.25) is 5.91 Å². The third kappa shape index (κ3) is 5.16. The number of benzene rings is 2. The molecule has 1 heterocycles. The number of aromatic nitrogens is 1. The molecule has 0 saturated heterocycles. The van der Waals surface area contributed by atoms with Gasteiger partial charge in [-0.25, -0.2) is 4.98 Å². The number of pyridine rings is 1. The third-order valence-corrected chi connectivity index (χ3v) is 5.96. The molecule has 0 aliphatic heterocycles. The van der Waals surface area contributed by atoms with Crippen molar-refractivity contribution in [3.8, 4) is 17.0 Å². The second kappa shape index (κ2) is 10.0. The molecule has 6 heteroatoms. The van der Waals surface area contributed by atoms with Gasteiger partial charge in [0.15, 0.2) is 0 Å². The zero-order valence-electron chi connectivity index (χ0n) is 19.5. The number of esters is 1. The average molecular weight is 447 g/mol. The number of carbonyl (C=O) groups excluding carboxylic acids is 2. The number of hydrogen-bond donors (Lipinski definition) is 0. The van der Waals surface area contributed by atoms with Gasteiger partial charge in [0.1, 0.15) is 5.75 Å². The van der Waals surface area contributed by atoms with Gasteiger partial charge in [0.05, 0.1) is 31.3 Å². The van der Waals surface area contributed by atoms with E-state index in [1.807, 2.05) is 54.3 Å². The number of nitrogens with zero attached hydrogens (tertiary/aromatic N) is 2. The van der Waals surface area contributed by atoms with Crippen molar-refractivity contribution < 1.29 is 19.1 Å². The average Bonchev–Trinajstić information content (AvgIpc) is 3.67. The van der Waals surface area contributed by atoms with Crippen molar-refractivity contribution in [3.05, 3.63) is 59.7 Å². The van der Waals surface area contributed by atoms with Crippen molar-refractivity contribution in [2.75, 3.05) is 20.3 Å². The minimum absolute atomic E-state index is 0.157.